The van der Waals surface area contributed by atoms with E-state index in [-0.39, 0.29) is 24.2 Å². The Morgan fingerprint density at radius 2 is 2.06 bits per heavy atom. The summed E-state index contributed by atoms with van der Waals surface area (Å²) in [6, 6.07) is 12.2. The van der Waals surface area contributed by atoms with Crippen LogP contribution in [0, 0.1) is 5.82 Å². The number of H-pyrrole nitrogens is 1. The number of hydrogen-bond donors (Lipinski definition) is 3. The molecule has 1 aliphatic heterocycles. The Bertz CT molecular complexity index is 1450. The van der Waals surface area contributed by atoms with Crippen LogP contribution in [0.1, 0.15) is 28.5 Å². The first kappa shape index (κ1) is 22.6. The van der Waals surface area contributed by atoms with E-state index in [2.05, 4.69) is 20.3 Å². The Morgan fingerprint density at radius 1 is 1.26 bits per heavy atom. The average Bonchev–Trinajstić information content (AvgIpc) is 3.29. The van der Waals surface area contributed by atoms with E-state index in [0.29, 0.717) is 17.9 Å². The number of nitrogens with zero attached hydrogens (tertiary/aromatic N) is 3. The molecule has 9 nitrogen and oxygen atoms in total. The number of hydrogen-bond acceptors (Lipinski definition) is 6. The second-order valence-electron chi connectivity index (χ2n) is 8.40. The van der Waals surface area contributed by atoms with Crippen LogP contribution in [0.4, 0.5) is 10.1 Å². The lowest BCUT2D eigenvalue weighted by Crippen LogP contribution is -2.29. The van der Waals surface area contributed by atoms with Gasteiger partial charge in [0.05, 0.1) is 30.2 Å². The maximum Gasteiger partial charge on any atom is 0.274 e. The summed E-state index contributed by atoms with van der Waals surface area (Å²) >= 11 is 0. The van der Waals surface area contributed by atoms with E-state index in [1.54, 1.807) is 18.3 Å². The van der Waals surface area contributed by atoms with Gasteiger partial charge in [0.25, 0.3) is 11.5 Å². The minimum atomic E-state index is -0.541. The molecule has 3 N–H and O–H groups in total. The van der Waals surface area contributed by atoms with Crippen LogP contribution in [0.15, 0.2) is 59.5 Å². The van der Waals surface area contributed by atoms with E-state index < -0.39 is 23.3 Å². The quantitative estimate of drug-likeness (QED) is 0.394. The van der Waals surface area contributed by atoms with Crippen LogP contribution in [-0.4, -0.2) is 52.4 Å². The minimum absolute atomic E-state index is 0.0492. The summed E-state index contributed by atoms with van der Waals surface area (Å²) < 4.78 is 20.4. The smallest absolute Gasteiger partial charge is 0.274 e. The molecule has 1 amide bonds. The number of aromatic nitrogens is 3. The first-order valence-electron chi connectivity index (χ1n) is 11.2. The lowest BCUT2D eigenvalue weighted by molar-refractivity contribution is 0.0924. The summed E-state index contributed by atoms with van der Waals surface area (Å²) in [5, 5.41) is 16.5. The van der Waals surface area contributed by atoms with Gasteiger partial charge in [-0.1, -0.05) is 18.2 Å². The Morgan fingerprint density at radius 3 is 2.83 bits per heavy atom. The topological polar surface area (TPSA) is 112 Å². The number of benzene rings is 2. The van der Waals surface area contributed by atoms with Crippen molar-refractivity contribution in [3.8, 4) is 17.0 Å². The van der Waals surface area contributed by atoms with Gasteiger partial charge in [0, 0.05) is 25.3 Å². The standard InChI is InChI=1S/C25H24FN5O4/c1-30-9-11-35-23-12-16(4-7-21(23)30)20-14-31-22(25(34)28-20)13-19(29-31)24(33)27-18(8-10-32)15-2-5-17(26)6-3-15/h2-7,12-14,18,32H,8-11H2,1H3,(H,27,33)(H,28,34). The molecule has 180 valence electrons. The molecule has 3 heterocycles. The van der Waals surface area contributed by atoms with Gasteiger partial charge < -0.3 is 25.0 Å². The third-order valence-corrected chi connectivity index (χ3v) is 6.06. The molecule has 0 fully saturated rings. The fourth-order valence-corrected chi connectivity index (χ4v) is 4.17. The van der Waals surface area contributed by atoms with Gasteiger partial charge in [-0.25, -0.2) is 8.91 Å². The van der Waals surface area contributed by atoms with Crippen LogP contribution in [0.5, 0.6) is 5.75 Å². The van der Waals surface area contributed by atoms with E-state index >= 15 is 0 Å². The second-order valence-corrected chi connectivity index (χ2v) is 8.40. The molecule has 2 aromatic heterocycles. The zero-order valence-electron chi connectivity index (χ0n) is 19.0. The van der Waals surface area contributed by atoms with Crippen LogP contribution in [0.3, 0.4) is 0 Å². The highest BCUT2D eigenvalue weighted by Gasteiger charge is 2.20. The van der Waals surface area contributed by atoms with Crippen LogP contribution in [0.2, 0.25) is 0 Å². The van der Waals surface area contributed by atoms with Gasteiger partial charge >= 0.3 is 0 Å². The number of rotatable bonds is 6. The van der Waals surface area contributed by atoms with Crippen molar-refractivity contribution in [1.29, 1.82) is 0 Å². The maximum absolute atomic E-state index is 13.3. The molecular weight excluding hydrogens is 453 g/mol. The number of amides is 1. The van der Waals surface area contributed by atoms with Crippen molar-refractivity contribution in [2.24, 2.45) is 0 Å². The largest absolute Gasteiger partial charge is 0.490 e. The molecule has 2 aromatic carbocycles. The Balaban J connectivity index is 1.43. The number of aliphatic hydroxyl groups is 1. The normalized spacial score (nSPS) is 13.9. The SMILES string of the molecule is CN1CCOc2cc(-c3cn4nc(C(=O)NC(CCO)c5ccc(F)cc5)cc4c(=O)[nH]3)ccc21. The molecule has 5 rings (SSSR count). The van der Waals surface area contributed by atoms with E-state index in [4.69, 9.17) is 4.74 Å². The molecule has 1 aliphatic rings. The molecule has 0 saturated heterocycles. The van der Waals surface area contributed by atoms with Gasteiger partial charge in [-0.3, -0.25) is 9.59 Å². The zero-order valence-corrected chi connectivity index (χ0v) is 19.0. The van der Waals surface area contributed by atoms with Gasteiger partial charge in [0.2, 0.25) is 0 Å². The number of fused-ring (bicyclic) bond motifs is 2. The number of carbonyl (C=O) groups excluding carboxylic acids is 1. The fraction of sp³-hybridized carbons (Fsp3) is 0.240. The van der Waals surface area contributed by atoms with E-state index in [1.165, 1.54) is 22.7 Å². The van der Waals surface area contributed by atoms with Gasteiger partial charge in [-0.15, -0.1) is 0 Å². The van der Waals surface area contributed by atoms with Crippen molar-refractivity contribution in [3.63, 3.8) is 0 Å². The molecule has 0 radical (unpaired) electrons. The molecule has 4 aromatic rings. The van der Waals surface area contributed by atoms with E-state index in [0.717, 1.165) is 23.5 Å². The minimum Gasteiger partial charge on any atom is -0.490 e. The molecule has 1 unspecified atom stereocenters. The number of likely N-dealkylation sites (N-methyl/N-ethyl adjacent to an activating group) is 1. The first-order valence-corrected chi connectivity index (χ1v) is 11.2. The monoisotopic (exact) mass is 477 g/mol. The molecule has 1 atom stereocenters. The number of ether oxygens (including phenoxy) is 1. The van der Waals surface area contributed by atoms with E-state index in [1.807, 2.05) is 25.2 Å². The summed E-state index contributed by atoms with van der Waals surface area (Å²) in [5.74, 6) is -0.174. The van der Waals surface area contributed by atoms with Gasteiger partial charge in [0.15, 0.2) is 5.69 Å². The molecule has 0 spiro atoms. The molecule has 0 bridgehead atoms. The van der Waals surface area contributed by atoms with Crippen LogP contribution < -0.4 is 20.5 Å². The van der Waals surface area contributed by atoms with Crippen molar-refractivity contribution < 1.29 is 19.0 Å². The highest BCUT2D eigenvalue weighted by molar-refractivity contribution is 5.93. The number of carbonyl (C=O) groups is 1. The highest BCUT2D eigenvalue weighted by Crippen LogP contribution is 2.34. The predicted molar refractivity (Wildman–Crippen MR) is 128 cm³/mol. The zero-order chi connectivity index (χ0) is 24.5. The lowest BCUT2D eigenvalue weighted by atomic mass is 10.0. The Kier molecular flexibility index (Phi) is 5.96. The van der Waals surface area contributed by atoms with Crippen molar-refractivity contribution in [2.45, 2.75) is 12.5 Å². The number of nitrogens with one attached hydrogen (secondary N) is 2. The number of aromatic amines is 1. The third kappa shape index (κ3) is 4.47. The molecule has 10 heteroatoms. The number of aliphatic hydroxyl groups excluding tert-OH is 1. The van der Waals surface area contributed by atoms with Crippen molar-refractivity contribution in [2.75, 3.05) is 31.7 Å². The number of halogens is 1. The van der Waals surface area contributed by atoms with E-state index in [9.17, 15) is 19.1 Å². The van der Waals surface area contributed by atoms with Gasteiger partial charge in [-0.2, -0.15) is 5.10 Å². The Hall–Kier alpha value is -4.18. The third-order valence-electron chi connectivity index (χ3n) is 6.06. The summed E-state index contributed by atoms with van der Waals surface area (Å²) in [6.07, 6.45) is 1.89. The van der Waals surface area contributed by atoms with Gasteiger partial charge in [-0.05, 0) is 36.2 Å². The summed E-state index contributed by atoms with van der Waals surface area (Å²) in [7, 11) is 1.99. The summed E-state index contributed by atoms with van der Waals surface area (Å²) in [6.45, 7) is 1.21. The fourth-order valence-electron chi connectivity index (χ4n) is 4.17. The molecular formula is C25H24FN5O4. The van der Waals surface area contributed by atoms with Gasteiger partial charge in [0.1, 0.15) is 23.7 Å². The molecule has 0 saturated carbocycles. The summed E-state index contributed by atoms with van der Waals surface area (Å²) in [4.78, 5) is 30.6. The first-order chi connectivity index (χ1) is 16.9. The molecule has 0 aliphatic carbocycles. The number of anilines is 1. The second kappa shape index (κ2) is 9.22. The summed E-state index contributed by atoms with van der Waals surface area (Å²) in [5.41, 5.74) is 2.77. The maximum atomic E-state index is 13.3. The Labute approximate surface area is 199 Å². The lowest BCUT2D eigenvalue weighted by Gasteiger charge is -2.27. The van der Waals surface area contributed by atoms with Crippen LogP contribution >= 0.6 is 0 Å². The van der Waals surface area contributed by atoms with Crippen molar-refractivity contribution >= 4 is 17.1 Å². The van der Waals surface area contributed by atoms with Crippen molar-refractivity contribution in [1.82, 2.24) is 19.9 Å². The highest BCUT2D eigenvalue weighted by atomic mass is 19.1. The predicted octanol–water partition coefficient (Wildman–Crippen LogP) is 2.51. The van der Waals surface area contributed by atoms with Crippen molar-refractivity contribution in [3.05, 3.63) is 82.2 Å². The van der Waals surface area contributed by atoms with Crippen LogP contribution in [0.25, 0.3) is 16.8 Å². The molecule has 35 heavy (non-hydrogen) atoms. The van der Waals surface area contributed by atoms with Crippen LogP contribution in [-0.2, 0) is 0 Å². The average molecular weight is 477 g/mol.